The second kappa shape index (κ2) is 10.8. The molecule has 1 saturated heterocycles. The van der Waals surface area contributed by atoms with Gasteiger partial charge in [0.2, 0.25) is 5.28 Å². The second-order valence-electron chi connectivity index (χ2n) is 9.08. The lowest BCUT2D eigenvalue weighted by molar-refractivity contribution is -0.188. The van der Waals surface area contributed by atoms with E-state index in [1.807, 2.05) is 30.3 Å². The smallest absolute Gasteiger partial charge is 0.348 e. The van der Waals surface area contributed by atoms with Crippen LogP contribution in [0.5, 0.6) is 0 Å². The summed E-state index contributed by atoms with van der Waals surface area (Å²) in [6, 6.07) is 17.8. The Hall–Kier alpha value is -4.30. The van der Waals surface area contributed by atoms with Crippen LogP contribution in [0, 0.1) is 18.3 Å². The number of carboxylic acid groups (broad SMARTS) is 2. The Balaban J connectivity index is 1.41. The van der Waals surface area contributed by atoms with Crippen molar-refractivity contribution in [3.8, 4) is 23.6 Å². The number of hydrogen-bond acceptors (Lipinski definition) is 7. The fraction of sp³-hybridized carbons (Fsp3) is 0.250. The van der Waals surface area contributed by atoms with Crippen molar-refractivity contribution >= 4 is 34.7 Å². The van der Waals surface area contributed by atoms with E-state index in [0.29, 0.717) is 28.8 Å². The van der Waals surface area contributed by atoms with E-state index in [-0.39, 0.29) is 18.3 Å². The molecule has 0 aliphatic carbocycles. The number of benzene rings is 2. The molecule has 39 heavy (non-hydrogen) atoms. The third-order valence-electron chi connectivity index (χ3n) is 6.68. The molecule has 1 aliphatic heterocycles. The van der Waals surface area contributed by atoms with E-state index in [1.165, 1.54) is 0 Å². The van der Waals surface area contributed by atoms with Gasteiger partial charge in [-0.25, -0.2) is 19.6 Å². The minimum absolute atomic E-state index is 0.0306. The van der Waals surface area contributed by atoms with Gasteiger partial charge >= 0.3 is 11.9 Å². The highest BCUT2D eigenvalue weighted by Gasteiger charge is 2.50. The van der Waals surface area contributed by atoms with Crippen LogP contribution in [0.4, 0.5) is 0 Å². The van der Waals surface area contributed by atoms with E-state index in [2.05, 4.69) is 20.9 Å². The van der Waals surface area contributed by atoms with Crippen LogP contribution < -0.4 is 0 Å². The van der Waals surface area contributed by atoms with E-state index in [9.17, 15) is 19.8 Å². The van der Waals surface area contributed by atoms with Crippen molar-refractivity contribution in [1.82, 2.24) is 19.5 Å². The molecule has 4 aromatic rings. The van der Waals surface area contributed by atoms with Crippen molar-refractivity contribution in [1.29, 1.82) is 0 Å². The fourth-order valence-electron chi connectivity index (χ4n) is 4.65. The largest absolute Gasteiger partial charge is 0.479 e. The van der Waals surface area contributed by atoms with Gasteiger partial charge in [0.25, 0.3) is 5.60 Å². The molecule has 2 N–H and O–H groups in total. The first-order chi connectivity index (χ1) is 18.8. The van der Waals surface area contributed by atoms with Gasteiger partial charge in [-0.1, -0.05) is 60.7 Å². The number of terminal acetylenes is 1. The van der Waals surface area contributed by atoms with Crippen LogP contribution >= 0.6 is 11.6 Å². The molecule has 5 rings (SSSR count). The monoisotopic (exact) mass is 546 g/mol. The van der Waals surface area contributed by atoms with Crippen molar-refractivity contribution in [3.63, 3.8) is 0 Å². The normalized spacial score (nSPS) is 19.1. The zero-order valence-corrected chi connectivity index (χ0v) is 21.2. The minimum atomic E-state index is -2.52. The summed E-state index contributed by atoms with van der Waals surface area (Å²) < 4.78 is 13.5. The van der Waals surface area contributed by atoms with Gasteiger partial charge in [-0.2, -0.15) is 4.98 Å². The lowest BCUT2D eigenvalue weighted by Crippen LogP contribution is -2.52. The third-order valence-corrected chi connectivity index (χ3v) is 6.85. The van der Waals surface area contributed by atoms with E-state index < -0.39 is 35.8 Å². The Kier molecular flexibility index (Phi) is 7.30. The molecule has 10 nitrogen and oxygen atoms in total. The summed E-state index contributed by atoms with van der Waals surface area (Å²) in [4.78, 5) is 37.6. The highest BCUT2D eigenvalue weighted by molar-refractivity contribution is 6.28. The minimum Gasteiger partial charge on any atom is -0.479 e. The van der Waals surface area contributed by atoms with Crippen LogP contribution in [0.2, 0.25) is 5.28 Å². The van der Waals surface area contributed by atoms with Crippen molar-refractivity contribution < 1.29 is 29.3 Å². The maximum Gasteiger partial charge on any atom is 0.348 e. The summed E-state index contributed by atoms with van der Waals surface area (Å²) in [6.07, 6.45) is 5.88. The summed E-state index contributed by atoms with van der Waals surface area (Å²) >= 11 is 6.25. The maximum atomic E-state index is 12.2. The predicted octanol–water partition coefficient (Wildman–Crippen LogP) is 3.85. The Morgan fingerprint density at radius 2 is 1.77 bits per heavy atom. The third kappa shape index (κ3) is 5.07. The zero-order valence-electron chi connectivity index (χ0n) is 20.5. The van der Waals surface area contributed by atoms with Crippen molar-refractivity contribution in [2.75, 3.05) is 6.61 Å². The highest BCUT2D eigenvalue weighted by atomic mass is 35.5. The number of aromatic nitrogens is 4. The number of halogens is 1. The topological polar surface area (TPSA) is 137 Å². The number of carboxylic acids is 2. The van der Waals surface area contributed by atoms with Crippen LogP contribution in [0.3, 0.4) is 0 Å². The number of imidazole rings is 1. The number of aliphatic carboxylic acids is 2. The molecule has 198 valence electrons. The molecule has 2 aromatic heterocycles. The van der Waals surface area contributed by atoms with Gasteiger partial charge in [-0.3, -0.25) is 4.57 Å². The molecule has 2 aromatic carbocycles. The SMILES string of the molecule is C#CC1CC(n2cnc3c(-c4ccccc4)nc(Cl)nc32)OC1COC(Cc1ccccc1)(C(=O)O)C(=O)O. The molecule has 0 amide bonds. The summed E-state index contributed by atoms with van der Waals surface area (Å²) in [5, 5.41) is 19.8. The van der Waals surface area contributed by atoms with Gasteiger partial charge in [0.05, 0.1) is 25.0 Å². The lowest BCUT2D eigenvalue weighted by Gasteiger charge is -2.27. The molecule has 0 saturated carbocycles. The summed E-state index contributed by atoms with van der Waals surface area (Å²) in [5.41, 5.74) is 0.306. The molecule has 1 fully saturated rings. The predicted molar refractivity (Wildman–Crippen MR) is 141 cm³/mol. The Bertz CT molecular complexity index is 1540. The molecule has 0 spiro atoms. The van der Waals surface area contributed by atoms with E-state index in [0.717, 1.165) is 5.56 Å². The first-order valence-corrected chi connectivity index (χ1v) is 12.4. The molecule has 11 heteroatoms. The average Bonchev–Trinajstić information content (AvgIpc) is 3.55. The van der Waals surface area contributed by atoms with Gasteiger partial charge in [-0.05, 0) is 17.2 Å². The first kappa shape index (κ1) is 26.3. The number of carbonyl (C=O) groups is 2. The van der Waals surface area contributed by atoms with Crippen molar-refractivity contribution in [2.24, 2.45) is 5.92 Å². The molecule has 3 heterocycles. The second-order valence-corrected chi connectivity index (χ2v) is 9.42. The Morgan fingerprint density at radius 3 is 2.41 bits per heavy atom. The summed E-state index contributed by atoms with van der Waals surface area (Å²) in [7, 11) is 0. The number of ether oxygens (including phenoxy) is 2. The Morgan fingerprint density at radius 1 is 1.10 bits per heavy atom. The number of nitrogens with zero attached hydrogens (tertiary/aromatic N) is 4. The average molecular weight is 547 g/mol. The summed E-state index contributed by atoms with van der Waals surface area (Å²) in [6.45, 7) is -0.353. The number of rotatable bonds is 9. The van der Waals surface area contributed by atoms with Gasteiger partial charge < -0.3 is 19.7 Å². The summed E-state index contributed by atoms with van der Waals surface area (Å²) in [5.74, 6) is -1.07. The maximum absolute atomic E-state index is 12.2. The zero-order chi connectivity index (χ0) is 27.6. The molecule has 0 radical (unpaired) electrons. The van der Waals surface area contributed by atoms with Gasteiger partial charge in [0.1, 0.15) is 17.4 Å². The van der Waals surface area contributed by atoms with Crippen molar-refractivity contribution in [3.05, 3.63) is 77.8 Å². The van der Waals surface area contributed by atoms with Crippen LogP contribution in [-0.2, 0) is 25.5 Å². The van der Waals surface area contributed by atoms with Gasteiger partial charge in [0, 0.05) is 18.4 Å². The molecule has 0 bridgehead atoms. The van der Waals surface area contributed by atoms with Crippen LogP contribution in [0.1, 0.15) is 18.2 Å². The van der Waals surface area contributed by atoms with E-state index >= 15 is 0 Å². The van der Waals surface area contributed by atoms with E-state index in [4.69, 9.17) is 27.5 Å². The van der Waals surface area contributed by atoms with Crippen molar-refractivity contribution in [2.45, 2.75) is 30.8 Å². The Labute approximate surface area is 228 Å². The standard InChI is InChI=1S/C28H23ClN4O6/c1-2-18-13-21(33-16-30-23-22(19-11-7-4-8-12-19)31-27(29)32-24(23)33)39-20(18)15-38-28(25(34)35,26(36)37)14-17-9-5-3-6-10-17/h1,3-12,16,18,20-21H,13-15H2,(H,34,35)(H,36,37). The highest BCUT2D eigenvalue weighted by Crippen LogP contribution is 2.37. The number of hydrogen-bond donors (Lipinski definition) is 2. The number of fused-ring (bicyclic) bond motifs is 1. The lowest BCUT2D eigenvalue weighted by atomic mass is 9.94. The van der Waals surface area contributed by atoms with E-state index in [1.54, 1.807) is 41.2 Å². The quantitative estimate of drug-likeness (QED) is 0.182. The van der Waals surface area contributed by atoms with Crippen LogP contribution in [0.15, 0.2) is 67.0 Å². The van der Waals surface area contributed by atoms with Gasteiger partial charge in [0.15, 0.2) is 5.65 Å². The van der Waals surface area contributed by atoms with Crippen LogP contribution in [0.25, 0.3) is 22.4 Å². The fourth-order valence-corrected chi connectivity index (χ4v) is 4.82. The van der Waals surface area contributed by atoms with Gasteiger partial charge in [-0.15, -0.1) is 12.3 Å². The molecule has 3 atom stereocenters. The first-order valence-electron chi connectivity index (χ1n) is 12.0. The molecule has 1 aliphatic rings. The van der Waals surface area contributed by atoms with Crippen LogP contribution in [-0.4, -0.2) is 60.0 Å². The molecular weight excluding hydrogens is 524 g/mol. The molecular formula is C28H23ClN4O6. The molecule has 3 unspecified atom stereocenters.